The van der Waals surface area contributed by atoms with Crippen LogP contribution < -0.4 is 0 Å². The molecular formula is C15H21ClO3. The highest BCUT2D eigenvalue weighted by molar-refractivity contribution is 6.23. The lowest BCUT2D eigenvalue weighted by atomic mass is 9.96. The van der Waals surface area contributed by atoms with E-state index in [-0.39, 0.29) is 0 Å². The summed E-state index contributed by atoms with van der Waals surface area (Å²) >= 11 is 6.18. The lowest BCUT2D eigenvalue weighted by Crippen LogP contribution is -2.41. The molecule has 1 rings (SSSR count). The van der Waals surface area contributed by atoms with Crippen LogP contribution in [-0.2, 0) is 9.53 Å². The van der Waals surface area contributed by atoms with Crippen LogP contribution in [0.5, 0.6) is 0 Å². The molecule has 3 nitrogen and oxygen atoms in total. The van der Waals surface area contributed by atoms with Crippen LogP contribution in [-0.4, -0.2) is 23.3 Å². The number of ether oxygens (including phenoxy) is 1. The van der Waals surface area contributed by atoms with E-state index in [2.05, 4.69) is 6.92 Å². The lowest BCUT2D eigenvalue weighted by molar-refractivity contribution is -0.164. The molecule has 0 bridgehead atoms. The van der Waals surface area contributed by atoms with Gasteiger partial charge in [-0.15, -0.1) is 11.6 Å². The van der Waals surface area contributed by atoms with E-state index in [4.69, 9.17) is 16.3 Å². The Hall–Kier alpha value is -1.06. The van der Waals surface area contributed by atoms with E-state index in [1.807, 2.05) is 18.2 Å². The minimum absolute atomic E-state index is 0.321. The van der Waals surface area contributed by atoms with Crippen LogP contribution in [0.1, 0.15) is 44.1 Å². The molecule has 0 radical (unpaired) electrons. The molecule has 0 unspecified atom stereocenters. The minimum atomic E-state index is -1.73. The van der Waals surface area contributed by atoms with Crippen LogP contribution in [0.25, 0.3) is 0 Å². The molecule has 0 saturated heterocycles. The Kier molecular flexibility index (Phi) is 6.32. The van der Waals surface area contributed by atoms with Crippen molar-refractivity contribution >= 4 is 17.6 Å². The number of aliphatic hydroxyl groups is 1. The van der Waals surface area contributed by atoms with Gasteiger partial charge in [0.15, 0.2) is 5.60 Å². The number of carbonyl (C=O) groups is 1. The predicted molar refractivity (Wildman–Crippen MR) is 76.1 cm³/mol. The van der Waals surface area contributed by atoms with Gasteiger partial charge in [0, 0.05) is 0 Å². The zero-order valence-corrected chi connectivity index (χ0v) is 12.2. The maximum atomic E-state index is 11.9. The molecule has 0 aliphatic rings. The average Bonchev–Trinajstić information content (AvgIpc) is 2.43. The van der Waals surface area contributed by atoms with Gasteiger partial charge < -0.3 is 9.84 Å². The van der Waals surface area contributed by atoms with Gasteiger partial charge in [-0.1, -0.05) is 50.1 Å². The Morgan fingerprint density at radius 3 is 2.58 bits per heavy atom. The van der Waals surface area contributed by atoms with Gasteiger partial charge in [0.05, 0.1) is 12.0 Å². The second kappa shape index (κ2) is 7.51. The summed E-state index contributed by atoms with van der Waals surface area (Å²) in [6.07, 6.45) is 2.85. The Morgan fingerprint density at radius 1 is 1.37 bits per heavy atom. The molecule has 1 aromatic rings. The van der Waals surface area contributed by atoms with Crippen molar-refractivity contribution in [3.63, 3.8) is 0 Å². The minimum Gasteiger partial charge on any atom is -0.464 e. The fourth-order valence-electron chi connectivity index (χ4n) is 1.71. The number of carbonyl (C=O) groups excluding carboxylic acids is 1. The van der Waals surface area contributed by atoms with Crippen molar-refractivity contribution in [1.82, 2.24) is 0 Å². The number of benzene rings is 1. The normalized spacial score (nSPS) is 15.6. The first-order valence-electron chi connectivity index (χ1n) is 6.58. The summed E-state index contributed by atoms with van der Waals surface area (Å²) in [4.78, 5) is 11.9. The molecule has 4 heteroatoms. The van der Waals surface area contributed by atoms with Crippen LogP contribution in [0.4, 0.5) is 0 Å². The van der Waals surface area contributed by atoms with Crippen molar-refractivity contribution in [3.8, 4) is 0 Å². The second-order valence-corrected chi connectivity index (χ2v) is 5.20. The number of hydrogen-bond donors (Lipinski definition) is 1. The summed E-state index contributed by atoms with van der Waals surface area (Å²) in [6, 6.07) is 9.03. The van der Waals surface area contributed by atoms with Crippen LogP contribution in [0.15, 0.2) is 30.3 Å². The van der Waals surface area contributed by atoms with Crippen molar-refractivity contribution in [2.45, 2.75) is 44.1 Å². The SMILES string of the molecule is CCCCCOC(=O)[C@@](C)(O)[C@H](Cl)c1ccccc1. The molecule has 0 spiro atoms. The van der Waals surface area contributed by atoms with Gasteiger partial charge in [-0.2, -0.15) is 0 Å². The number of esters is 1. The van der Waals surface area contributed by atoms with Crippen LogP contribution >= 0.6 is 11.6 Å². The molecule has 0 fully saturated rings. The number of halogens is 1. The largest absolute Gasteiger partial charge is 0.464 e. The molecular weight excluding hydrogens is 264 g/mol. The fraction of sp³-hybridized carbons (Fsp3) is 0.533. The molecule has 0 heterocycles. The van der Waals surface area contributed by atoms with Gasteiger partial charge >= 0.3 is 5.97 Å². The zero-order chi connectivity index (χ0) is 14.3. The van der Waals surface area contributed by atoms with Crippen LogP contribution in [0, 0.1) is 0 Å². The van der Waals surface area contributed by atoms with Crippen molar-refractivity contribution in [1.29, 1.82) is 0 Å². The van der Waals surface area contributed by atoms with Crippen molar-refractivity contribution in [2.75, 3.05) is 6.61 Å². The highest BCUT2D eigenvalue weighted by Crippen LogP contribution is 2.33. The molecule has 0 aromatic heterocycles. The smallest absolute Gasteiger partial charge is 0.339 e. The first-order valence-corrected chi connectivity index (χ1v) is 7.02. The second-order valence-electron chi connectivity index (χ2n) is 4.76. The van der Waals surface area contributed by atoms with Gasteiger partial charge in [-0.25, -0.2) is 4.79 Å². The predicted octanol–water partition coefficient (Wildman–Crippen LogP) is 3.45. The first-order chi connectivity index (χ1) is 9.00. The van der Waals surface area contributed by atoms with Crippen molar-refractivity contribution in [3.05, 3.63) is 35.9 Å². The fourth-order valence-corrected chi connectivity index (χ4v) is 1.95. The van der Waals surface area contributed by atoms with E-state index < -0.39 is 16.9 Å². The number of rotatable bonds is 7. The zero-order valence-electron chi connectivity index (χ0n) is 11.4. The highest BCUT2D eigenvalue weighted by atomic mass is 35.5. The monoisotopic (exact) mass is 284 g/mol. The van der Waals surface area contributed by atoms with Crippen molar-refractivity contribution < 1.29 is 14.6 Å². The number of unbranched alkanes of at least 4 members (excludes halogenated alkanes) is 2. The Bertz CT molecular complexity index is 390. The van der Waals surface area contributed by atoms with Gasteiger partial charge in [-0.3, -0.25) is 0 Å². The van der Waals surface area contributed by atoms with E-state index in [1.54, 1.807) is 12.1 Å². The molecule has 1 N–H and O–H groups in total. The molecule has 19 heavy (non-hydrogen) atoms. The molecule has 0 aliphatic heterocycles. The van der Waals surface area contributed by atoms with Gasteiger partial charge in [0.1, 0.15) is 0 Å². The van der Waals surface area contributed by atoms with Gasteiger partial charge in [0.2, 0.25) is 0 Å². The summed E-state index contributed by atoms with van der Waals surface area (Å²) in [5.74, 6) is -0.674. The highest BCUT2D eigenvalue weighted by Gasteiger charge is 2.40. The summed E-state index contributed by atoms with van der Waals surface area (Å²) in [5.41, 5.74) is -1.03. The first kappa shape index (κ1) is 16.0. The van der Waals surface area contributed by atoms with E-state index >= 15 is 0 Å². The van der Waals surface area contributed by atoms with Gasteiger partial charge in [-0.05, 0) is 18.9 Å². The van der Waals surface area contributed by atoms with Gasteiger partial charge in [0.25, 0.3) is 0 Å². The van der Waals surface area contributed by atoms with Crippen molar-refractivity contribution in [2.24, 2.45) is 0 Å². The standard InChI is InChI=1S/C15H21ClO3/c1-3-4-8-11-19-14(17)15(2,18)13(16)12-9-6-5-7-10-12/h5-7,9-10,13,18H,3-4,8,11H2,1-2H3/t13-,15+/m1/s1. The third-order valence-electron chi connectivity index (χ3n) is 2.98. The van der Waals surface area contributed by atoms with Crippen LogP contribution in [0.3, 0.4) is 0 Å². The van der Waals surface area contributed by atoms with E-state index in [9.17, 15) is 9.90 Å². The summed E-state index contributed by atoms with van der Waals surface area (Å²) in [5, 5.41) is 9.43. The number of alkyl halides is 1. The van der Waals surface area contributed by atoms with E-state index in [1.165, 1.54) is 6.92 Å². The van der Waals surface area contributed by atoms with Crippen LogP contribution in [0.2, 0.25) is 0 Å². The molecule has 106 valence electrons. The average molecular weight is 285 g/mol. The lowest BCUT2D eigenvalue weighted by Gasteiger charge is -2.26. The Morgan fingerprint density at radius 2 is 2.00 bits per heavy atom. The molecule has 1 aromatic carbocycles. The maximum Gasteiger partial charge on any atom is 0.339 e. The summed E-state index contributed by atoms with van der Waals surface area (Å²) < 4.78 is 5.08. The molecule has 2 atom stereocenters. The summed E-state index contributed by atoms with van der Waals surface area (Å²) in [6.45, 7) is 3.78. The third kappa shape index (κ3) is 4.51. The summed E-state index contributed by atoms with van der Waals surface area (Å²) in [7, 11) is 0. The molecule has 0 aliphatic carbocycles. The quantitative estimate of drug-likeness (QED) is 0.474. The topological polar surface area (TPSA) is 46.5 Å². The number of hydrogen-bond acceptors (Lipinski definition) is 3. The molecule has 0 saturated carbocycles. The van der Waals surface area contributed by atoms with E-state index in [0.29, 0.717) is 12.2 Å². The Labute approximate surface area is 119 Å². The maximum absolute atomic E-state index is 11.9. The molecule has 0 amide bonds. The Balaban J connectivity index is 2.61. The van der Waals surface area contributed by atoms with E-state index in [0.717, 1.165) is 19.3 Å². The third-order valence-corrected chi connectivity index (χ3v) is 3.66.